The minimum Gasteiger partial charge on any atom is -0.447 e. The monoisotopic (exact) mass is 189 g/mol. The molecule has 0 heterocycles. The van der Waals surface area contributed by atoms with E-state index in [0.717, 1.165) is 12.8 Å². The van der Waals surface area contributed by atoms with Gasteiger partial charge < -0.3 is 9.57 Å². The standard InChI is InChI=1S/C8H15NO4/c1-3-5-6-12-8(11)9-13-7(10)4-2/h3-6H2,1-2H3,(H,9,11). The van der Waals surface area contributed by atoms with E-state index in [2.05, 4.69) is 9.57 Å². The van der Waals surface area contributed by atoms with Crippen molar-refractivity contribution >= 4 is 12.1 Å². The molecule has 0 aromatic carbocycles. The Morgan fingerprint density at radius 3 is 2.54 bits per heavy atom. The summed E-state index contributed by atoms with van der Waals surface area (Å²) >= 11 is 0. The molecule has 0 aliphatic heterocycles. The molecule has 0 aliphatic rings. The largest absolute Gasteiger partial charge is 0.447 e. The van der Waals surface area contributed by atoms with Crippen LogP contribution < -0.4 is 5.48 Å². The van der Waals surface area contributed by atoms with Crippen LogP contribution in [0.15, 0.2) is 0 Å². The Kier molecular flexibility index (Phi) is 6.68. The molecule has 0 bridgehead atoms. The van der Waals surface area contributed by atoms with Gasteiger partial charge in [0, 0.05) is 6.42 Å². The van der Waals surface area contributed by atoms with Crippen LogP contribution in [0.3, 0.4) is 0 Å². The number of carbonyl (C=O) groups excluding carboxylic acids is 2. The molecule has 0 spiro atoms. The van der Waals surface area contributed by atoms with Crippen LogP contribution in [0.5, 0.6) is 0 Å². The summed E-state index contributed by atoms with van der Waals surface area (Å²) in [6, 6.07) is 0. The summed E-state index contributed by atoms with van der Waals surface area (Å²) in [7, 11) is 0. The average Bonchev–Trinajstić information content (AvgIpc) is 2.14. The van der Waals surface area contributed by atoms with E-state index in [-0.39, 0.29) is 6.42 Å². The van der Waals surface area contributed by atoms with Gasteiger partial charge in [-0.1, -0.05) is 20.3 Å². The number of rotatable bonds is 4. The van der Waals surface area contributed by atoms with Crippen molar-refractivity contribution < 1.29 is 19.2 Å². The zero-order chi connectivity index (χ0) is 10.1. The zero-order valence-electron chi connectivity index (χ0n) is 7.96. The van der Waals surface area contributed by atoms with Crippen LogP contribution in [-0.4, -0.2) is 18.7 Å². The minimum atomic E-state index is -0.727. The van der Waals surface area contributed by atoms with E-state index in [4.69, 9.17) is 0 Å². The third-order valence-electron chi connectivity index (χ3n) is 1.27. The van der Waals surface area contributed by atoms with Gasteiger partial charge in [-0.25, -0.2) is 9.59 Å². The lowest BCUT2D eigenvalue weighted by Gasteiger charge is -2.05. The molecule has 0 rings (SSSR count). The molecule has 0 radical (unpaired) electrons. The Hall–Kier alpha value is -1.26. The van der Waals surface area contributed by atoms with E-state index in [1.54, 1.807) is 6.92 Å². The van der Waals surface area contributed by atoms with Crippen LogP contribution in [-0.2, 0) is 14.4 Å². The lowest BCUT2D eigenvalue weighted by molar-refractivity contribution is -0.149. The highest BCUT2D eigenvalue weighted by atomic mass is 16.7. The molecule has 0 saturated heterocycles. The number of unbranched alkanes of at least 4 members (excludes halogenated alkanes) is 1. The van der Waals surface area contributed by atoms with Gasteiger partial charge >= 0.3 is 12.1 Å². The number of amides is 1. The van der Waals surface area contributed by atoms with Gasteiger partial charge in [0.25, 0.3) is 0 Å². The Morgan fingerprint density at radius 2 is 2.00 bits per heavy atom. The summed E-state index contributed by atoms with van der Waals surface area (Å²) < 4.78 is 4.65. The van der Waals surface area contributed by atoms with Crippen LogP contribution in [0.2, 0.25) is 0 Å². The maximum Gasteiger partial charge on any atom is 0.440 e. The van der Waals surface area contributed by atoms with E-state index in [1.807, 2.05) is 12.4 Å². The van der Waals surface area contributed by atoms with Crippen LogP contribution in [0.25, 0.3) is 0 Å². The Morgan fingerprint density at radius 1 is 1.31 bits per heavy atom. The van der Waals surface area contributed by atoms with Gasteiger partial charge in [-0.15, -0.1) is 5.48 Å². The van der Waals surface area contributed by atoms with Crippen LogP contribution >= 0.6 is 0 Å². The molecule has 1 N–H and O–H groups in total. The first kappa shape index (κ1) is 11.7. The molecule has 5 heteroatoms. The highest BCUT2D eigenvalue weighted by Crippen LogP contribution is 1.88. The van der Waals surface area contributed by atoms with Crippen LogP contribution in [0, 0.1) is 0 Å². The number of nitrogens with one attached hydrogen (secondary N) is 1. The quantitative estimate of drug-likeness (QED) is 0.536. The van der Waals surface area contributed by atoms with E-state index < -0.39 is 12.1 Å². The van der Waals surface area contributed by atoms with Gasteiger partial charge in [0.05, 0.1) is 6.61 Å². The fourth-order valence-corrected chi connectivity index (χ4v) is 0.509. The van der Waals surface area contributed by atoms with E-state index >= 15 is 0 Å². The Bertz CT molecular complexity index is 170. The highest BCUT2D eigenvalue weighted by Gasteiger charge is 2.04. The summed E-state index contributed by atoms with van der Waals surface area (Å²) in [5.74, 6) is -0.493. The number of hydroxylamine groups is 1. The molecule has 0 fully saturated rings. The van der Waals surface area contributed by atoms with Crippen molar-refractivity contribution in [2.45, 2.75) is 33.1 Å². The lowest BCUT2D eigenvalue weighted by atomic mass is 10.4. The third kappa shape index (κ3) is 7.11. The average molecular weight is 189 g/mol. The summed E-state index contributed by atoms with van der Waals surface area (Å²) in [5, 5.41) is 0. The second-order valence-corrected chi connectivity index (χ2v) is 2.42. The van der Waals surface area contributed by atoms with Gasteiger partial charge in [-0.05, 0) is 6.42 Å². The molecule has 0 aromatic heterocycles. The molecular formula is C8H15NO4. The molecule has 5 nitrogen and oxygen atoms in total. The number of ether oxygens (including phenoxy) is 1. The normalized spacial score (nSPS) is 9.08. The maximum absolute atomic E-state index is 10.7. The predicted octanol–water partition coefficient (Wildman–Crippen LogP) is 1.38. The zero-order valence-corrected chi connectivity index (χ0v) is 7.96. The third-order valence-corrected chi connectivity index (χ3v) is 1.27. The first-order valence-corrected chi connectivity index (χ1v) is 4.33. The molecule has 0 aromatic rings. The summed E-state index contributed by atoms with van der Waals surface area (Å²) in [4.78, 5) is 25.6. The Balaban J connectivity index is 3.35. The predicted molar refractivity (Wildman–Crippen MR) is 45.8 cm³/mol. The van der Waals surface area contributed by atoms with Crippen molar-refractivity contribution in [1.29, 1.82) is 0 Å². The topological polar surface area (TPSA) is 64.6 Å². The van der Waals surface area contributed by atoms with E-state index in [9.17, 15) is 9.59 Å². The molecule has 0 saturated carbocycles. The van der Waals surface area contributed by atoms with Crippen molar-refractivity contribution in [3.63, 3.8) is 0 Å². The maximum atomic E-state index is 10.7. The number of carbonyl (C=O) groups is 2. The van der Waals surface area contributed by atoms with Crippen molar-refractivity contribution in [2.75, 3.05) is 6.61 Å². The van der Waals surface area contributed by atoms with E-state index in [0.29, 0.717) is 6.61 Å². The molecule has 13 heavy (non-hydrogen) atoms. The second kappa shape index (κ2) is 7.39. The van der Waals surface area contributed by atoms with Gasteiger partial charge in [0.1, 0.15) is 0 Å². The summed E-state index contributed by atoms with van der Waals surface area (Å²) in [6.07, 6.45) is 1.24. The fourth-order valence-electron chi connectivity index (χ4n) is 0.509. The van der Waals surface area contributed by atoms with Gasteiger partial charge in [-0.3, -0.25) is 0 Å². The summed E-state index contributed by atoms with van der Waals surface area (Å²) in [5.41, 5.74) is 1.88. The van der Waals surface area contributed by atoms with Crippen molar-refractivity contribution in [1.82, 2.24) is 5.48 Å². The van der Waals surface area contributed by atoms with Crippen molar-refractivity contribution in [2.24, 2.45) is 0 Å². The smallest absolute Gasteiger partial charge is 0.440 e. The highest BCUT2D eigenvalue weighted by molar-refractivity contribution is 5.72. The second-order valence-electron chi connectivity index (χ2n) is 2.42. The van der Waals surface area contributed by atoms with Gasteiger partial charge in [0.15, 0.2) is 0 Å². The van der Waals surface area contributed by atoms with E-state index in [1.165, 1.54) is 0 Å². The Labute approximate surface area is 77.3 Å². The number of hydrogen-bond donors (Lipinski definition) is 1. The fraction of sp³-hybridized carbons (Fsp3) is 0.750. The SMILES string of the molecule is CCCCOC(=O)NOC(=O)CC. The molecule has 0 aliphatic carbocycles. The number of hydrogen-bond acceptors (Lipinski definition) is 4. The molecule has 0 unspecified atom stereocenters. The van der Waals surface area contributed by atoms with Crippen LogP contribution in [0.1, 0.15) is 33.1 Å². The molecule has 0 atom stereocenters. The first-order chi connectivity index (χ1) is 6.20. The van der Waals surface area contributed by atoms with Crippen LogP contribution in [0.4, 0.5) is 4.79 Å². The molecular weight excluding hydrogens is 174 g/mol. The first-order valence-electron chi connectivity index (χ1n) is 4.33. The minimum absolute atomic E-state index is 0.217. The molecule has 1 amide bonds. The van der Waals surface area contributed by atoms with Gasteiger partial charge in [-0.2, -0.15) is 0 Å². The van der Waals surface area contributed by atoms with Gasteiger partial charge in [0.2, 0.25) is 0 Å². The summed E-state index contributed by atoms with van der Waals surface area (Å²) in [6.45, 7) is 3.96. The van der Waals surface area contributed by atoms with Crippen molar-refractivity contribution in [3.05, 3.63) is 0 Å². The molecule has 76 valence electrons. The lowest BCUT2D eigenvalue weighted by Crippen LogP contribution is -2.27. The van der Waals surface area contributed by atoms with Crippen molar-refractivity contribution in [3.8, 4) is 0 Å².